The summed E-state index contributed by atoms with van der Waals surface area (Å²) in [5.41, 5.74) is 5.74. The first-order chi connectivity index (χ1) is 8.71. The molecule has 1 aromatic carbocycles. The number of sulfone groups is 2. The van der Waals surface area contributed by atoms with Crippen LogP contribution in [0.2, 0.25) is 0 Å². The second kappa shape index (κ2) is 4.88. The summed E-state index contributed by atoms with van der Waals surface area (Å²) >= 11 is 0. The molecule has 106 valence electrons. The first-order valence-corrected chi connectivity index (χ1v) is 9.44. The number of benzene rings is 1. The molecule has 1 aliphatic carbocycles. The highest BCUT2D eigenvalue weighted by atomic mass is 32.2. The number of hydrogen-bond acceptors (Lipinski definition) is 5. The monoisotopic (exact) mass is 303 g/mol. The summed E-state index contributed by atoms with van der Waals surface area (Å²) in [5.74, 6) is 0. The van der Waals surface area contributed by atoms with Gasteiger partial charge in [0.25, 0.3) is 0 Å². The van der Waals surface area contributed by atoms with E-state index in [4.69, 9.17) is 5.73 Å². The van der Waals surface area contributed by atoms with E-state index in [1.807, 2.05) is 0 Å². The smallest absolute Gasteiger partial charge is 0.181 e. The Kier molecular flexibility index (Phi) is 3.72. The van der Waals surface area contributed by atoms with Crippen LogP contribution in [0.15, 0.2) is 34.1 Å². The zero-order valence-electron chi connectivity index (χ0n) is 10.6. The highest BCUT2D eigenvalue weighted by Crippen LogP contribution is 2.29. The van der Waals surface area contributed by atoms with Crippen LogP contribution in [-0.4, -0.2) is 34.4 Å². The summed E-state index contributed by atoms with van der Waals surface area (Å²) < 4.78 is 47.3. The van der Waals surface area contributed by atoms with Crippen molar-refractivity contribution in [2.75, 3.05) is 6.26 Å². The first kappa shape index (κ1) is 14.5. The lowest BCUT2D eigenvalue weighted by Crippen LogP contribution is -2.22. The molecule has 19 heavy (non-hydrogen) atoms. The molecular formula is C12H17NO4S2. The maximum absolute atomic E-state index is 12.3. The molecule has 1 fully saturated rings. The maximum Gasteiger partial charge on any atom is 0.181 e. The maximum atomic E-state index is 12.3. The zero-order chi connectivity index (χ0) is 14.3. The van der Waals surface area contributed by atoms with Gasteiger partial charge in [-0.05, 0) is 43.5 Å². The van der Waals surface area contributed by atoms with Crippen LogP contribution in [0.25, 0.3) is 0 Å². The minimum atomic E-state index is -3.41. The van der Waals surface area contributed by atoms with Crippen molar-refractivity contribution in [2.24, 2.45) is 5.73 Å². The van der Waals surface area contributed by atoms with E-state index in [9.17, 15) is 16.8 Å². The summed E-state index contributed by atoms with van der Waals surface area (Å²) in [6, 6.07) is 5.31. The van der Waals surface area contributed by atoms with Gasteiger partial charge in [-0.25, -0.2) is 16.8 Å². The fourth-order valence-electron chi connectivity index (χ4n) is 2.32. The van der Waals surface area contributed by atoms with Gasteiger partial charge < -0.3 is 5.73 Å². The lowest BCUT2D eigenvalue weighted by molar-refractivity contribution is 0.577. The van der Waals surface area contributed by atoms with Crippen LogP contribution < -0.4 is 5.73 Å². The van der Waals surface area contributed by atoms with E-state index in [0.717, 1.165) is 6.26 Å². The third-order valence-corrected chi connectivity index (χ3v) is 6.81. The summed E-state index contributed by atoms with van der Waals surface area (Å²) in [5, 5.41) is -0.452. The van der Waals surface area contributed by atoms with Crippen LogP contribution in [0.4, 0.5) is 0 Å². The Bertz CT molecular complexity index is 662. The number of rotatable bonds is 3. The van der Waals surface area contributed by atoms with Crippen molar-refractivity contribution in [3.63, 3.8) is 0 Å². The molecule has 0 aliphatic heterocycles. The highest BCUT2D eigenvalue weighted by Gasteiger charge is 2.33. The molecule has 1 aliphatic rings. The summed E-state index contributed by atoms with van der Waals surface area (Å²) in [4.78, 5) is 0.286. The fourth-order valence-corrected chi connectivity index (χ4v) is 4.80. The molecule has 5 nitrogen and oxygen atoms in total. The lowest BCUT2D eigenvalue weighted by Gasteiger charge is -2.11. The van der Waals surface area contributed by atoms with Gasteiger partial charge in [0, 0.05) is 12.3 Å². The lowest BCUT2D eigenvalue weighted by atomic mass is 10.3. The van der Waals surface area contributed by atoms with Gasteiger partial charge in [0.2, 0.25) is 0 Å². The van der Waals surface area contributed by atoms with Gasteiger partial charge in [0.05, 0.1) is 15.0 Å². The molecule has 2 N–H and O–H groups in total. The highest BCUT2D eigenvalue weighted by molar-refractivity contribution is 7.92. The van der Waals surface area contributed by atoms with Crippen molar-refractivity contribution < 1.29 is 16.8 Å². The molecule has 0 bridgehead atoms. The molecule has 2 unspecified atom stereocenters. The fraction of sp³-hybridized carbons (Fsp3) is 0.500. The Morgan fingerprint density at radius 1 is 1.00 bits per heavy atom. The van der Waals surface area contributed by atoms with Gasteiger partial charge in [-0.3, -0.25) is 0 Å². The van der Waals surface area contributed by atoms with E-state index >= 15 is 0 Å². The molecule has 2 rings (SSSR count). The van der Waals surface area contributed by atoms with Crippen molar-refractivity contribution in [2.45, 2.75) is 40.3 Å². The molecule has 7 heteroatoms. The molecule has 2 atom stereocenters. The van der Waals surface area contributed by atoms with Crippen molar-refractivity contribution in [3.8, 4) is 0 Å². The molecule has 0 saturated heterocycles. The molecule has 1 aromatic rings. The van der Waals surface area contributed by atoms with Gasteiger partial charge in [0.15, 0.2) is 19.7 Å². The molecular weight excluding hydrogens is 286 g/mol. The average molecular weight is 303 g/mol. The standard InChI is InChI=1S/C12H17NO4S2/c1-18(14,15)10-4-6-11(7-5-10)19(16,17)12-3-2-9(13)8-12/h4-7,9,12H,2-3,8,13H2,1H3. The predicted octanol–water partition coefficient (Wildman–Crippen LogP) is 0.744. The normalized spacial score (nSPS) is 24.5. The quantitative estimate of drug-likeness (QED) is 0.889. The van der Waals surface area contributed by atoms with Crippen LogP contribution in [0.1, 0.15) is 19.3 Å². The summed E-state index contributed by atoms with van der Waals surface area (Å²) in [6.07, 6.45) is 2.84. The molecule has 0 heterocycles. The van der Waals surface area contributed by atoms with Gasteiger partial charge >= 0.3 is 0 Å². The largest absolute Gasteiger partial charge is 0.328 e. The molecule has 0 amide bonds. The Morgan fingerprint density at radius 2 is 1.53 bits per heavy atom. The van der Waals surface area contributed by atoms with E-state index < -0.39 is 24.9 Å². The van der Waals surface area contributed by atoms with Gasteiger partial charge in [-0.15, -0.1) is 0 Å². The first-order valence-electron chi connectivity index (χ1n) is 6.01. The second-order valence-corrected chi connectivity index (χ2v) is 9.23. The summed E-state index contributed by atoms with van der Waals surface area (Å²) in [7, 11) is -6.72. The SMILES string of the molecule is CS(=O)(=O)c1ccc(S(=O)(=O)C2CCC(N)C2)cc1. The number of nitrogens with two attached hydrogens (primary N) is 1. The van der Waals surface area contributed by atoms with Crippen LogP contribution in [0, 0.1) is 0 Å². The van der Waals surface area contributed by atoms with E-state index in [1.165, 1.54) is 24.3 Å². The minimum Gasteiger partial charge on any atom is -0.328 e. The molecule has 0 radical (unpaired) electrons. The number of hydrogen-bond donors (Lipinski definition) is 1. The molecule has 0 spiro atoms. The third kappa shape index (κ3) is 2.98. The predicted molar refractivity (Wildman–Crippen MR) is 72.4 cm³/mol. The van der Waals surface area contributed by atoms with Crippen molar-refractivity contribution in [1.29, 1.82) is 0 Å². The van der Waals surface area contributed by atoms with Crippen LogP contribution >= 0.6 is 0 Å². The van der Waals surface area contributed by atoms with Crippen molar-refractivity contribution in [1.82, 2.24) is 0 Å². The Balaban J connectivity index is 2.32. The van der Waals surface area contributed by atoms with E-state index in [2.05, 4.69) is 0 Å². The van der Waals surface area contributed by atoms with Gasteiger partial charge in [0.1, 0.15) is 0 Å². The average Bonchev–Trinajstić information content (AvgIpc) is 2.76. The van der Waals surface area contributed by atoms with Crippen LogP contribution in [0.5, 0.6) is 0 Å². The molecule has 0 aromatic heterocycles. The Hall–Kier alpha value is -0.920. The topological polar surface area (TPSA) is 94.3 Å². The van der Waals surface area contributed by atoms with Gasteiger partial charge in [-0.2, -0.15) is 0 Å². The molecule has 1 saturated carbocycles. The Labute approximate surface area is 113 Å². The summed E-state index contributed by atoms with van der Waals surface area (Å²) in [6.45, 7) is 0. The Morgan fingerprint density at radius 3 is 1.95 bits per heavy atom. The second-order valence-electron chi connectivity index (χ2n) is 4.98. The van der Waals surface area contributed by atoms with Crippen molar-refractivity contribution in [3.05, 3.63) is 24.3 Å². The zero-order valence-corrected chi connectivity index (χ0v) is 12.2. The van der Waals surface area contributed by atoms with Crippen LogP contribution in [0.3, 0.4) is 0 Å². The van der Waals surface area contributed by atoms with Crippen LogP contribution in [-0.2, 0) is 19.7 Å². The van der Waals surface area contributed by atoms with E-state index in [1.54, 1.807) is 0 Å². The van der Waals surface area contributed by atoms with Crippen molar-refractivity contribution >= 4 is 19.7 Å². The van der Waals surface area contributed by atoms with E-state index in [0.29, 0.717) is 19.3 Å². The minimum absolute atomic E-state index is 0.0601. The van der Waals surface area contributed by atoms with Gasteiger partial charge in [-0.1, -0.05) is 0 Å². The third-order valence-electron chi connectivity index (χ3n) is 3.44. The van der Waals surface area contributed by atoms with E-state index in [-0.39, 0.29) is 15.8 Å².